The lowest BCUT2D eigenvalue weighted by Crippen LogP contribution is -2.31. The minimum absolute atomic E-state index is 0.0865. The molecule has 2 aromatic heterocycles. The molecule has 0 fully saturated rings. The fourth-order valence-corrected chi connectivity index (χ4v) is 5.47. The molecule has 0 saturated heterocycles. The predicted octanol–water partition coefficient (Wildman–Crippen LogP) is 1.57. The van der Waals surface area contributed by atoms with Crippen LogP contribution in [0.25, 0.3) is 4.96 Å². The summed E-state index contributed by atoms with van der Waals surface area (Å²) in [7, 11) is -3.62. The predicted molar refractivity (Wildman–Crippen MR) is 123 cm³/mol. The Balaban J connectivity index is 1.55. The number of hydrogen-bond acceptors (Lipinski definition) is 8. The molecule has 1 aromatic carbocycles. The fraction of sp³-hybridized carbons (Fsp3) is 0.333. The van der Waals surface area contributed by atoms with E-state index in [1.807, 2.05) is 0 Å². The van der Waals surface area contributed by atoms with Gasteiger partial charge in [-0.2, -0.15) is 4.31 Å². The zero-order valence-corrected chi connectivity index (χ0v) is 20.0. The average Bonchev–Trinajstić information content (AvgIpc) is 3.17. The van der Waals surface area contributed by atoms with E-state index in [1.54, 1.807) is 26.2 Å². The highest BCUT2D eigenvalue weighted by molar-refractivity contribution is 7.89. The Labute approximate surface area is 194 Å². The number of amides is 1. The number of nitrogens with one attached hydrogen (secondary N) is 1. The molecule has 1 amide bonds. The Morgan fingerprint density at radius 2 is 1.85 bits per heavy atom. The van der Waals surface area contributed by atoms with E-state index >= 15 is 0 Å². The second-order valence-electron chi connectivity index (χ2n) is 7.04. The number of carbonyl (C=O) groups excluding carboxylic acids is 2. The first-order valence-corrected chi connectivity index (χ1v) is 12.5. The van der Waals surface area contributed by atoms with Crippen molar-refractivity contribution in [2.24, 2.45) is 0 Å². The number of aromatic nitrogens is 2. The van der Waals surface area contributed by atoms with Crippen molar-refractivity contribution in [1.82, 2.24) is 19.0 Å². The highest BCUT2D eigenvalue weighted by atomic mass is 32.2. The second kappa shape index (κ2) is 10.2. The molecule has 0 aliphatic rings. The fourth-order valence-electron chi connectivity index (χ4n) is 3.13. The van der Waals surface area contributed by atoms with E-state index in [1.165, 1.54) is 50.4 Å². The third-order valence-corrected chi connectivity index (χ3v) is 7.87. The number of nitrogens with zero attached hydrogens (tertiary/aromatic N) is 3. The van der Waals surface area contributed by atoms with Crippen LogP contribution >= 0.6 is 11.3 Å². The molecular formula is C21H24N4O6S2. The zero-order chi connectivity index (χ0) is 24.2. The van der Waals surface area contributed by atoms with Crippen molar-refractivity contribution in [1.29, 1.82) is 0 Å². The van der Waals surface area contributed by atoms with E-state index in [4.69, 9.17) is 4.74 Å². The standard InChI is InChI=1S/C21H24N4O6S2/c1-4-24(5-2)33(29,30)17-8-6-15(7-9-17)20(28)22-11-19(27)31-12-16-10-18(26)25-14(3)13-32-21(25)23-16/h6-10,13H,4-5,11-12H2,1-3H3,(H,22,28). The van der Waals surface area contributed by atoms with E-state index in [0.29, 0.717) is 23.7 Å². The van der Waals surface area contributed by atoms with Crippen LogP contribution in [0.2, 0.25) is 0 Å². The number of hydrogen-bond donors (Lipinski definition) is 1. The van der Waals surface area contributed by atoms with Gasteiger partial charge in [-0.05, 0) is 31.2 Å². The molecule has 0 radical (unpaired) electrons. The van der Waals surface area contributed by atoms with Gasteiger partial charge in [0.1, 0.15) is 13.2 Å². The van der Waals surface area contributed by atoms with Crippen LogP contribution in [-0.4, -0.2) is 53.6 Å². The van der Waals surface area contributed by atoms with Crippen LogP contribution in [-0.2, 0) is 26.2 Å². The minimum Gasteiger partial charge on any atom is -0.458 e. The number of benzene rings is 1. The molecule has 1 N–H and O–H groups in total. The van der Waals surface area contributed by atoms with E-state index in [0.717, 1.165) is 5.69 Å². The smallest absolute Gasteiger partial charge is 0.325 e. The van der Waals surface area contributed by atoms with Crippen molar-refractivity contribution >= 4 is 38.2 Å². The minimum atomic E-state index is -3.62. The van der Waals surface area contributed by atoms with Crippen molar-refractivity contribution in [2.45, 2.75) is 32.3 Å². The first-order valence-electron chi connectivity index (χ1n) is 10.2. The Bertz CT molecular complexity index is 1330. The summed E-state index contributed by atoms with van der Waals surface area (Å²) in [6.07, 6.45) is 0. The number of fused-ring (bicyclic) bond motifs is 1. The van der Waals surface area contributed by atoms with Crippen LogP contribution in [0, 0.1) is 6.92 Å². The Hall–Kier alpha value is -3.09. The van der Waals surface area contributed by atoms with Gasteiger partial charge in [0.25, 0.3) is 11.5 Å². The van der Waals surface area contributed by atoms with Gasteiger partial charge in [-0.3, -0.25) is 18.8 Å². The topological polar surface area (TPSA) is 127 Å². The van der Waals surface area contributed by atoms with Crippen molar-refractivity contribution in [3.8, 4) is 0 Å². The number of rotatable bonds is 9. The molecule has 3 aromatic rings. The summed E-state index contributed by atoms with van der Waals surface area (Å²) >= 11 is 1.31. The molecule has 176 valence electrons. The van der Waals surface area contributed by atoms with Crippen LogP contribution in [0.15, 0.2) is 45.4 Å². The molecule has 2 heterocycles. The van der Waals surface area contributed by atoms with Crippen LogP contribution in [0.5, 0.6) is 0 Å². The Kier molecular flexibility index (Phi) is 7.61. The summed E-state index contributed by atoms with van der Waals surface area (Å²) in [6.45, 7) is 5.39. The normalized spacial score (nSPS) is 11.6. The largest absolute Gasteiger partial charge is 0.458 e. The van der Waals surface area contributed by atoms with Gasteiger partial charge in [0.15, 0.2) is 4.96 Å². The summed E-state index contributed by atoms with van der Waals surface area (Å²) in [5.41, 5.74) is 1.03. The van der Waals surface area contributed by atoms with Gasteiger partial charge < -0.3 is 10.1 Å². The van der Waals surface area contributed by atoms with Gasteiger partial charge in [-0.1, -0.05) is 13.8 Å². The number of esters is 1. The molecule has 0 bridgehead atoms. The lowest BCUT2D eigenvalue weighted by atomic mass is 10.2. The molecule has 0 saturated carbocycles. The third kappa shape index (κ3) is 5.46. The first-order chi connectivity index (χ1) is 15.7. The van der Waals surface area contributed by atoms with Crippen molar-refractivity contribution in [3.63, 3.8) is 0 Å². The van der Waals surface area contributed by atoms with Crippen molar-refractivity contribution in [3.05, 3.63) is 63.0 Å². The van der Waals surface area contributed by atoms with Crippen LogP contribution in [0.1, 0.15) is 35.6 Å². The molecule has 0 spiro atoms. The zero-order valence-electron chi connectivity index (χ0n) is 18.4. The molecule has 0 atom stereocenters. The number of ether oxygens (including phenoxy) is 1. The number of thiazole rings is 1. The van der Waals surface area contributed by atoms with Crippen LogP contribution in [0.4, 0.5) is 0 Å². The number of sulfonamides is 1. The molecule has 33 heavy (non-hydrogen) atoms. The van der Waals surface area contributed by atoms with Crippen LogP contribution < -0.4 is 10.9 Å². The number of carbonyl (C=O) groups is 2. The van der Waals surface area contributed by atoms with E-state index in [9.17, 15) is 22.8 Å². The summed E-state index contributed by atoms with van der Waals surface area (Å²) in [5, 5.41) is 4.23. The molecule has 12 heteroatoms. The first kappa shape index (κ1) is 24.6. The Morgan fingerprint density at radius 3 is 2.48 bits per heavy atom. The molecule has 0 unspecified atom stereocenters. The average molecular weight is 493 g/mol. The molecule has 10 nitrogen and oxygen atoms in total. The van der Waals surface area contributed by atoms with Crippen molar-refractivity contribution < 1.29 is 22.7 Å². The highest BCUT2D eigenvalue weighted by Gasteiger charge is 2.21. The Morgan fingerprint density at radius 1 is 1.18 bits per heavy atom. The summed E-state index contributed by atoms with van der Waals surface area (Å²) < 4.78 is 32.9. The van der Waals surface area contributed by atoms with Gasteiger partial charge in [-0.15, -0.1) is 11.3 Å². The molecule has 0 aliphatic heterocycles. The monoisotopic (exact) mass is 492 g/mol. The summed E-state index contributed by atoms with van der Waals surface area (Å²) in [5.74, 6) is -1.25. The number of aryl methyl sites for hydroxylation is 1. The van der Waals surface area contributed by atoms with Gasteiger partial charge in [0.2, 0.25) is 10.0 Å². The van der Waals surface area contributed by atoms with Gasteiger partial charge in [0, 0.05) is 35.8 Å². The van der Waals surface area contributed by atoms with Gasteiger partial charge in [0.05, 0.1) is 10.6 Å². The lowest BCUT2D eigenvalue weighted by molar-refractivity contribution is -0.143. The maximum absolute atomic E-state index is 12.5. The quantitative estimate of drug-likeness (QED) is 0.449. The van der Waals surface area contributed by atoms with E-state index < -0.39 is 28.4 Å². The SMILES string of the molecule is CCN(CC)S(=O)(=O)c1ccc(C(=O)NCC(=O)OCc2cc(=O)n3c(C)csc3n2)cc1. The molecule has 3 rings (SSSR count). The van der Waals surface area contributed by atoms with Crippen molar-refractivity contribution in [2.75, 3.05) is 19.6 Å². The summed E-state index contributed by atoms with van der Waals surface area (Å²) in [4.78, 5) is 41.3. The van der Waals surface area contributed by atoms with Gasteiger partial charge >= 0.3 is 5.97 Å². The second-order valence-corrected chi connectivity index (χ2v) is 9.81. The van der Waals surface area contributed by atoms with Crippen LogP contribution in [0.3, 0.4) is 0 Å². The maximum atomic E-state index is 12.5. The van der Waals surface area contributed by atoms with E-state index in [-0.39, 0.29) is 22.6 Å². The maximum Gasteiger partial charge on any atom is 0.325 e. The molecular weight excluding hydrogens is 468 g/mol. The van der Waals surface area contributed by atoms with Gasteiger partial charge in [-0.25, -0.2) is 13.4 Å². The molecule has 0 aliphatic carbocycles. The third-order valence-electron chi connectivity index (χ3n) is 4.86. The summed E-state index contributed by atoms with van der Waals surface area (Å²) in [6, 6.07) is 6.77. The van der Waals surface area contributed by atoms with E-state index in [2.05, 4.69) is 10.3 Å². The lowest BCUT2D eigenvalue weighted by Gasteiger charge is -2.18. The highest BCUT2D eigenvalue weighted by Crippen LogP contribution is 2.16.